The Bertz CT molecular complexity index is 581. The van der Waals surface area contributed by atoms with Crippen LogP contribution in [0.3, 0.4) is 0 Å². The van der Waals surface area contributed by atoms with Crippen LogP contribution in [0.1, 0.15) is 26.2 Å². The Kier molecular flexibility index (Phi) is 4.51. The molecule has 1 saturated carbocycles. The Morgan fingerprint density at radius 2 is 2.19 bits per heavy atom. The molecule has 21 heavy (non-hydrogen) atoms. The second-order valence-electron chi connectivity index (χ2n) is 5.39. The lowest BCUT2D eigenvalue weighted by Crippen LogP contribution is -2.48. The van der Waals surface area contributed by atoms with Crippen molar-refractivity contribution in [3.05, 3.63) is 28.5 Å². The van der Waals surface area contributed by atoms with E-state index in [2.05, 4.69) is 26.6 Å². The average molecular weight is 359 g/mol. The first kappa shape index (κ1) is 15.8. The lowest BCUT2D eigenvalue weighted by atomic mass is 9.85. The normalized spacial score (nSPS) is 24.6. The number of hydrogen-bond acceptors (Lipinski definition) is 2. The van der Waals surface area contributed by atoms with Crippen molar-refractivity contribution >= 4 is 33.6 Å². The molecule has 0 spiro atoms. The number of urea groups is 1. The van der Waals surface area contributed by atoms with Crippen LogP contribution in [0.4, 0.5) is 14.9 Å². The molecular formula is C14H16BrFN2O3. The van der Waals surface area contributed by atoms with Gasteiger partial charge in [-0.2, -0.15) is 0 Å². The van der Waals surface area contributed by atoms with E-state index in [1.807, 2.05) is 0 Å². The molecule has 2 unspecified atom stereocenters. The van der Waals surface area contributed by atoms with Crippen molar-refractivity contribution in [3.8, 4) is 0 Å². The maximum atomic E-state index is 13.4. The standard InChI is InChI=1S/C14H16BrFN2O3/c1-14(12(19)20)6-2-3-11(14)18-13(21)17-8-4-5-9(15)10(16)7-8/h4-5,7,11H,2-3,6H2,1H3,(H,19,20)(H2,17,18,21). The first-order valence-electron chi connectivity index (χ1n) is 6.59. The van der Waals surface area contributed by atoms with Crippen LogP contribution in [0, 0.1) is 11.2 Å². The third-order valence-corrected chi connectivity index (χ3v) is 4.57. The van der Waals surface area contributed by atoms with E-state index in [1.54, 1.807) is 13.0 Å². The van der Waals surface area contributed by atoms with Gasteiger partial charge in [0.25, 0.3) is 0 Å². The first-order valence-corrected chi connectivity index (χ1v) is 7.38. The van der Waals surface area contributed by atoms with Crippen molar-refractivity contribution in [2.75, 3.05) is 5.32 Å². The summed E-state index contributed by atoms with van der Waals surface area (Å²) < 4.78 is 13.7. The van der Waals surface area contributed by atoms with Gasteiger partial charge in [-0.3, -0.25) is 4.79 Å². The van der Waals surface area contributed by atoms with Gasteiger partial charge in [-0.25, -0.2) is 9.18 Å². The summed E-state index contributed by atoms with van der Waals surface area (Å²) in [5, 5.41) is 14.5. The van der Waals surface area contributed by atoms with E-state index in [1.165, 1.54) is 12.1 Å². The summed E-state index contributed by atoms with van der Waals surface area (Å²) in [4.78, 5) is 23.3. The molecule has 0 radical (unpaired) electrons. The van der Waals surface area contributed by atoms with Crippen LogP contribution < -0.4 is 10.6 Å². The van der Waals surface area contributed by atoms with Crippen molar-refractivity contribution < 1.29 is 19.1 Å². The molecule has 1 aliphatic carbocycles. The summed E-state index contributed by atoms with van der Waals surface area (Å²) >= 11 is 3.03. The van der Waals surface area contributed by atoms with E-state index in [0.29, 0.717) is 23.0 Å². The summed E-state index contributed by atoms with van der Waals surface area (Å²) in [6, 6.07) is 3.26. The third-order valence-electron chi connectivity index (χ3n) is 3.93. The second kappa shape index (κ2) is 6.01. The SMILES string of the molecule is CC1(C(=O)O)CCCC1NC(=O)Nc1ccc(Br)c(F)c1. The van der Waals surface area contributed by atoms with Gasteiger partial charge in [-0.05, 0) is 53.9 Å². The smallest absolute Gasteiger partial charge is 0.319 e. The van der Waals surface area contributed by atoms with E-state index in [4.69, 9.17) is 0 Å². The van der Waals surface area contributed by atoms with Gasteiger partial charge in [0.1, 0.15) is 5.82 Å². The van der Waals surface area contributed by atoms with Crippen LogP contribution in [-0.2, 0) is 4.79 Å². The molecule has 2 amide bonds. The van der Waals surface area contributed by atoms with Crippen molar-refractivity contribution in [1.82, 2.24) is 5.32 Å². The number of aliphatic carboxylic acids is 1. The first-order chi connectivity index (χ1) is 9.83. The fourth-order valence-electron chi connectivity index (χ4n) is 2.55. The number of benzene rings is 1. The topological polar surface area (TPSA) is 78.4 Å². The van der Waals surface area contributed by atoms with E-state index in [-0.39, 0.29) is 0 Å². The minimum atomic E-state index is -0.956. The lowest BCUT2D eigenvalue weighted by molar-refractivity contribution is -0.148. The van der Waals surface area contributed by atoms with Crippen LogP contribution in [-0.4, -0.2) is 23.1 Å². The highest BCUT2D eigenvalue weighted by molar-refractivity contribution is 9.10. The highest BCUT2D eigenvalue weighted by Gasteiger charge is 2.45. The van der Waals surface area contributed by atoms with Gasteiger partial charge in [0.2, 0.25) is 0 Å². The summed E-state index contributed by atoms with van der Waals surface area (Å²) in [6.07, 6.45) is 1.89. The van der Waals surface area contributed by atoms with Crippen LogP contribution in [0.5, 0.6) is 0 Å². The molecule has 0 aliphatic heterocycles. The van der Waals surface area contributed by atoms with Crippen LogP contribution >= 0.6 is 15.9 Å². The van der Waals surface area contributed by atoms with Crippen molar-refractivity contribution in [1.29, 1.82) is 0 Å². The minimum absolute atomic E-state index is 0.308. The maximum absolute atomic E-state index is 13.4. The molecule has 7 heteroatoms. The van der Waals surface area contributed by atoms with Gasteiger partial charge in [-0.15, -0.1) is 0 Å². The number of amides is 2. The van der Waals surface area contributed by atoms with Crippen molar-refractivity contribution in [2.45, 2.75) is 32.2 Å². The largest absolute Gasteiger partial charge is 0.481 e. The zero-order valence-corrected chi connectivity index (χ0v) is 13.0. The van der Waals surface area contributed by atoms with Crippen LogP contribution in [0.15, 0.2) is 22.7 Å². The van der Waals surface area contributed by atoms with Crippen molar-refractivity contribution in [3.63, 3.8) is 0 Å². The van der Waals surface area contributed by atoms with Gasteiger partial charge in [0.05, 0.1) is 9.89 Å². The van der Waals surface area contributed by atoms with Crippen molar-refractivity contribution in [2.24, 2.45) is 5.41 Å². The average Bonchev–Trinajstić information content (AvgIpc) is 2.77. The number of hydrogen-bond donors (Lipinski definition) is 3. The molecule has 5 nitrogen and oxygen atoms in total. The minimum Gasteiger partial charge on any atom is -0.481 e. The molecule has 1 fully saturated rings. The highest BCUT2D eigenvalue weighted by atomic mass is 79.9. The molecule has 114 valence electrons. The zero-order valence-electron chi connectivity index (χ0n) is 11.5. The number of carboxylic acids is 1. The van der Waals surface area contributed by atoms with E-state index >= 15 is 0 Å². The van der Waals surface area contributed by atoms with Gasteiger partial charge < -0.3 is 15.7 Å². The molecule has 2 rings (SSSR count). The third kappa shape index (κ3) is 3.34. The number of carbonyl (C=O) groups excluding carboxylic acids is 1. The van der Waals surface area contributed by atoms with Gasteiger partial charge in [-0.1, -0.05) is 6.42 Å². The number of anilines is 1. The van der Waals surface area contributed by atoms with E-state index in [9.17, 15) is 19.1 Å². The zero-order chi connectivity index (χ0) is 15.6. The number of nitrogens with one attached hydrogen (secondary N) is 2. The molecule has 0 aromatic heterocycles. The molecule has 3 N–H and O–H groups in total. The predicted molar refractivity (Wildman–Crippen MR) is 79.6 cm³/mol. The Labute approximate surface area is 130 Å². The quantitative estimate of drug-likeness (QED) is 0.775. The molecule has 0 bridgehead atoms. The molecule has 1 aliphatic rings. The van der Waals surface area contributed by atoms with E-state index in [0.717, 1.165) is 6.42 Å². The number of carbonyl (C=O) groups is 2. The molecular weight excluding hydrogens is 343 g/mol. The fraction of sp³-hybridized carbons (Fsp3) is 0.429. The number of carboxylic acid groups (broad SMARTS) is 1. The lowest BCUT2D eigenvalue weighted by Gasteiger charge is -2.27. The Morgan fingerprint density at radius 1 is 1.48 bits per heavy atom. The van der Waals surface area contributed by atoms with Gasteiger partial charge in [0, 0.05) is 11.7 Å². The van der Waals surface area contributed by atoms with Crippen LogP contribution in [0.25, 0.3) is 0 Å². The molecule has 1 aromatic carbocycles. The Hall–Kier alpha value is -1.63. The number of halogens is 2. The molecule has 0 saturated heterocycles. The molecule has 2 atom stereocenters. The van der Waals surface area contributed by atoms with Gasteiger partial charge >= 0.3 is 12.0 Å². The monoisotopic (exact) mass is 358 g/mol. The summed E-state index contributed by atoms with van der Waals surface area (Å²) in [5.74, 6) is -1.40. The molecule has 1 aromatic rings. The Balaban J connectivity index is 2.01. The van der Waals surface area contributed by atoms with Gasteiger partial charge in [0.15, 0.2) is 0 Å². The van der Waals surface area contributed by atoms with Crippen LogP contribution in [0.2, 0.25) is 0 Å². The predicted octanol–water partition coefficient (Wildman–Crippen LogP) is 3.35. The summed E-state index contributed by atoms with van der Waals surface area (Å²) in [5.41, 5.74) is -0.648. The fourth-order valence-corrected chi connectivity index (χ4v) is 2.80. The Morgan fingerprint density at radius 3 is 2.81 bits per heavy atom. The second-order valence-corrected chi connectivity index (χ2v) is 6.25. The summed E-state index contributed by atoms with van der Waals surface area (Å²) in [6.45, 7) is 1.63. The summed E-state index contributed by atoms with van der Waals surface area (Å²) in [7, 11) is 0. The number of rotatable bonds is 3. The highest BCUT2D eigenvalue weighted by Crippen LogP contribution is 2.38. The maximum Gasteiger partial charge on any atom is 0.319 e. The van der Waals surface area contributed by atoms with E-state index < -0.39 is 29.3 Å². The molecule has 0 heterocycles.